The topological polar surface area (TPSA) is 80.5 Å². The summed E-state index contributed by atoms with van der Waals surface area (Å²) in [5.74, 6) is 0.286. The predicted molar refractivity (Wildman–Crippen MR) is 79.4 cm³/mol. The molecule has 3 N–H and O–H groups in total. The number of carbonyl (C=O) groups is 1. The first-order valence-corrected chi connectivity index (χ1v) is 5.58. The fraction of sp³-hybridized carbons (Fsp3) is 0.455. The van der Waals surface area contributed by atoms with E-state index in [9.17, 15) is 4.79 Å². The Bertz CT molecular complexity index is 383. The fourth-order valence-corrected chi connectivity index (χ4v) is 1.66. The van der Waals surface area contributed by atoms with E-state index in [-0.39, 0.29) is 37.3 Å². The van der Waals surface area contributed by atoms with Crippen molar-refractivity contribution in [3.63, 3.8) is 0 Å². The Morgan fingerprint density at radius 2 is 2.05 bits per heavy atom. The number of nitrogens with two attached hydrogens (primary N) is 1. The quantitative estimate of drug-likeness (QED) is 0.857. The molecule has 1 aromatic heterocycles. The molecule has 108 valence electrons. The zero-order valence-electron chi connectivity index (χ0n) is 10.4. The number of aromatic nitrogens is 1. The smallest absolute Gasteiger partial charge is 0.239 e. The highest BCUT2D eigenvalue weighted by molar-refractivity contribution is 5.91. The summed E-state index contributed by atoms with van der Waals surface area (Å²) in [7, 11) is 0. The van der Waals surface area contributed by atoms with Crippen LogP contribution < -0.4 is 16.0 Å². The molecule has 1 aliphatic rings. The van der Waals surface area contributed by atoms with E-state index in [0.29, 0.717) is 5.82 Å². The monoisotopic (exact) mass is 308 g/mol. The number of hydrogen-bond donors (Lipinski definition) is 2. The minimum atomic E-state index is -0.239. The number of halogens is 2. The second kappa shape index (κ2) is 8.92. The summed E-state index contributed by atoms with van der Waals surface area (Å²) >= 11 is 0. The lowest BCUT2D eigenvalue weighted by Crippen LogP contribution is -2.36. The summed E-state index contributed by atoms with van der Waals surface area (Å²) in [5.41, 5.74) is 6.25. The molecule has 1 aromatic rings. The van der Waals surface area contributed by atoms with Gasteiger partial charge in [-0.2, -0.15) is 0 Å². The summed E-state index contributed by atoms with van der Waals surface area (Å²) in [6.45, 7) is 3.19. The van der Waals surface area contributed by atoms with Gasteiger partial charge in [0, 0.05) is 13.1 Å². The molecule has 2 rings (SSSR count). The lowest BCUT2D eigenvalue weighted by atomic mass is 10.3. The van der Waals surface area contributed by atoms with Gasteiger partial charge in [-0.1, -0.05) is 0 Å². The van der Waals surface area contributed by atoms with Crippen molar-refractivity contribution in [2.45, 2.75) is 0 Å². The summed E-state index contributed by atoms with van der Waals surface area (Å²) in [4.78, 5) is 17.4. The molecule has 0 atom stereocenters. The van der Waals surface area contributed by atoms with Crippen molar-refractivity contribution in [3.05, 3.63) is 18.3 Å². The normalized spacial score (nSPS) is 14.1. The summed E-state index contributed by atoms with van der Waals surface area (Å²) in [6.07, 6.45) is 1.75. The summed E-state index contributed by atoms with van der Waals surface area (Å²) in [6, 6.07) is 3.71. The Labute approximate surface area is 124 Å². The van der Waals surface area contributed by atoms with Crippen LogP contribution in [-0.2, 0) is 9.53 Å². The van der Waals surface area contributed by atoms with Gasteiger partial charge in [0.2, 0.25) is 5.91 Å². The van der Waals surface area contributed by atoms with Gasteiger partial charge in [0.05, 0.1) is 31.6 Å². The van der Waals surface area contributed by atoms with Gasteiger partial charge < -0.3 is 20.7 Å². The molecule has 2 heterocycles. The zero-order valence-corrected chi connectivity index (χ0v) is 12.0. The van der Waals surface area contributed by atoms with Crippen LogP contribution in [0.5, 0.6) is 0 Å². The van der Waals surface area contributed by atoms with E-state index in [1.54, 1.807) is 12.3 Å². The summed E-state index contributed by atoms with van der Waals surface area (Å²) < 4.78 is 5.28. The highest BCUT2D eigenvalue weighted by Gasteiger charge is 2.11. The van der Waals surface area contributed by atoms with E-state index in [1.807, 2.05) is 6.07 Å². The maximum absolute atomic E-state index is 11.1. The standard InChI is InChI=1S/C11H16N4O2.2ClH/c12-7-11(16)14-10-2-1-9(8-13-10)15-3-5-17-6-4-15;;/h1-2,8H,3-7,12H2,(H,13,14,16);2*1H. The third-order valence-corrected chi connectivity index (χ3v) is 2.58. The number of nitrogens with zero attached hydrogens (tertiary/aromatic N) is 2. The van der Waals surface area contributed by atoms with Gasteiger partial charge in [0.25, 0.3) is 0 Å². The molecule has 1 aliphatic heterocycles. The highest BCUT2D eigenvalue weighted by Crippen LogP contribution is 2.16. The van der Waals surface area contributed by atoms with Crippen LogP contribution in [0.15, 0.2) is 18.3 Å². The van der Waals surface area contributed by atoms with Gasteiger partial charge in [0.15, 0.2) is 0 Å². The van der Waals surface area contributed by atoms with Crippen LogP contribution in [0.3, 0.4) is 0 Å². The van der Waals surface area contributed by atoms with Crippen LogP contribution in [0.4, 0.5) is 11.5 Å². The molecule has 8 heteroatoms. The Kier molecular flexibility index (Phi) is 8.42. The van der Waals surface area contributed by atoms with Gasteiger partial charge in [-0.3, -0.25) is 4.79 Å². The van der Waals surface area contributed by atoms with Crippen LogP contribution in [-0.4, -0.2) is 43.7 Å². The molecular weight excluding hydrogens is 291 g/mol. The lowest BCUT2D eigenvalue weighted by molar-refractivity contribution is -0.114. The van der Waals surface area contributed by atoms with Crippen molar-refractivity contribution >= 4 is 42.2 Å². The van der Waals surface area contributed by atoms with Crippen molar-refractivity contribution in [1.82, 2.24) is 4.98 Å². The molecule has 0 aromatic carbocycles. The van der Waals surface area contributed by atoms with Gasteiger partial charge >= 0.3 is 0 Å². The van der Waals surface area contributed by atoms with E-state index in [1.165, 1.54) is 0 Å². The number of anilines is 2. The number of ether oxygens (including phenoxy) is 1. The van der Waals surface area contributed by atoms with E-state index in [4.69, 9.17) is 10.5 Å². The van der Waals surface area contributed by atoms with Crippen molar-refractivity contribution in [3.8, 4) is 0 Å². The number of hydrogen-bond acceptors (Lipinski definition) is 5. The third-order valence-electron chi connectivity index (χ3n) is 2.58. The van der Waals surface area contributed by atoms with Crippen LogP contribution in [0.2, 0.25) is 0 Å². The van der Waals surface area contributed by atoms with E-state index in [0.717, 1.165) is 32.0 Å². The van der Waals surface area contributed by atoms with Gasteiger partial charge in [-0.05, 0) is 12.1 Å². The average molecular weight is 309 g/mol. The lowest BCUT2D eigenvalue weighted by Gasteiger charge is -2.28. The number of morpholine rings is 1. The second-order valence-electron chi connectivity index (χ2n) is 3.75. The van der Waals surface area contributed by atoms with Crippen molar-refractivity contribution in [2.24, 2.45) is 5.73 Å². The Balaban J connectivity index is 0.00000162. The highest BCUT2D eigenvalue weighted by atomic mass is 35.5. The van der Waals surface area contributed by atoms with Crippen LogP contribution in [0.25, 0.3) is 0 Å². The Hall–Kier alpha value is -1.08. The SMILES string of the molecule is Cl.Cl.NCC(=O)Nc1ccc(N2CCOCC2)cn1. The summed E-state index contributed by atoms with van der Waals surface area (Å²) in [5, 5.41) is 2.60. The largest absolute Gasteiger partial charge is 0.378 e. The molecule has 0 saturated carbocycles. The molecule has 0 aliphatic carbocycles. The number of carbonyl (C=O) groups excluding carboxylic acids is 1. The Morgan fingerprint density at radius 1 is 1.37 bits per heavy atom. The van der Waals surface area contributed by atoms with Crippen molar-refractivity contribution in [2.75, 3.05) is 43.1 Å². The molecule has 0 radical (unpaired) electrons. The zero-order chi connectivity index (χ0) is 12.1. The average Bonchev–Trinajstić information content (AvgIpc) is 2.40. The maximum Gasteiger partial charge on any atom is 0.239 e. The first kappa shape index (κ1) is 17.9. The van der Waals surface area contributed by atoms with Gasteiger partial charge in [-0.25, -0.2) is 4.98 Å². The maximum atomic E-state index is 11.1. The number of nitrogens with one attached hydrogen (secondary N) is 1. The molecule has 19 heavy (non-hydrogen) atoms. The molecule has 0 unspecified atom stereocenters. The van der Waals surface area contributed by atoms with Crippen LogP contribution >= 0.6 is 24.8 Å². The van der Waals surface area contributed by atoms with E-state index in [2.05, 4.69) is 15.2 Å². The molecule has 0 spiro atoms. The van der Waals surface area contributed by atoms with E-state index < -0.39 is 0 Å². The number of amides is 1. The molecule has 0 bridgehead atoms. The fourth-order valence-electron chi connectivity index (χ4n) is 1.66. The third kappa shape index (κ3) is 5.20. The van der Waals surface area contributed by atoms with Crippen LogP contribution in [0, 0.1) is 0 Å². The molecular formula is C11H18Cl2N4O2. The van der Waals surface area contributed by atoms with Gasteiger partial charge in [-0.15, -0.1) is 24.8 Å². The number of rotatable bonds is 3. The van der Waals surface area contributed by atoms with Crippen molar-refractivity contribution in [1.29, 1.82) is 0 Å². The first-order valence-electron chi connectivity index (χ1n) is 5.58. The molecule has 6 nitrogen and oxygen atoms in total. The minimum absolute atomic E-state index is 0. The first-order chi connectivity index (χ1) is 8.29. The second-order valence-corrected chi connectivity index (χ2v) is 3.75. The van der Waals surface area contributed by atoms with Crippen molar-refractivity contribution < 1.29 is 9.53 Å². The van der Waals surface area contributed by atoms with Gasteiger partial charge in [0.1, 0.15) is 5.82 Å². The van der Waals surface area contributed by atoms with E-state index >= 15 is 0 Å². The number of pyridine rings is 1. The minimum Gasteiger partial charge on any atom is -0.378 e. The Morgan fingerprint density at radius 3 is 2.58 bits per heavy atom. The molecule has 1 fully saturated rings. The predicted octanol–water partition coefficient (Wildman–Crippen LogP) is 0.659. The molecule has 1 amide bonds. The molecule has 1 saturated heterocycles. The van der Waals surface area contributed by atoms with Crippen LogP contribution in [0.1, 0.15) is 0 Å².